The fourth-order valence-electron chi connectivity index (χ4n) is 7.35. The van der Waals surface area contributed by atoms with Gasteiger partial charge >= 0.3 is 5.97 Å². The summed E-state index contributed by atoms with van der Waals surface area (Å²) in [7, 11) is 6.25. The van der Waals surface area contributed by atoms with E-state index in [0.29, 0.717) is 78.7 Å². The van der Waals surface area contributed by atoms with Crippen LogP contribution in [-0.2, 0) is 32.1 Å². The van der Waals surface area contributed by atoms with E-state index in [4.69, 9.17) is 33.2 Å². The zero-order valence-corrected chi connectivity index (χ0v) is 32.3. The molecule has 0 spiro atoms. The van der Waals surface area contributed by atoms with Crippen molar-refractivity contribution in [2.24, 2.45) is 0 Å². The molecule has 2 aliphatic heterocycles. The number of likely N-dealkylation sites (tertiary alicyclic amines) is 1. The monoisotopic (exact) mass is 748 g/mol. The molecule has 2 saturated heterocycles. The van der Waals surface area contributed by atoms with Gasteiger partial charge in [0.15, 0.2) is 23.0 Å². The molecule has 0 saturated carbocycles. The number of esters is 1. The maximum atomic E-state index is 14.4. The molecule has 5 rings (SSSR count). The molecular weight excluding hydrogens is 692 g/mol. The number of aliphatic hydroxyl groups excluding tert-OH is 1. The lowest BCUT2D eigenvalue weighted by Gasteiger charge is -2.37. The number of carbonyl (C=O) groups is 2. The van der Waals surface area contributed by atoms with Crippen LogP contribution in [0.1, 0.15) is 73.3 Å². The van der Waals surface area contributed by atoms with E-state index in [1.165, 1.54) is 14.2 Å². The van der Waals surface area contributed by atoms with Crippen molar-refractivity contribution in [3.63, 3.8) is 0 Å². The van der Waals surface area contributed by atoms with Crippen molar-refractivity contribution in [2.45, 2.75) is 70.1 Å². The summed E-state index contributed by atoms with van der Waals surface area (Å²) in [5.74, 6) is 1.67. The van der Waals surface area contributed by atoms with Gasteiger partial charge < -0.3 is 43.2 Å². The van der Waals surface area contributed by atoms with Crippen molar-refractivity contribution in [3.8, 4) is 28.7 Å². The van der Waals surface area contributed by atoms with Gasteiger partial charge in [0.1, 0.15) is 24.5 Å². The molecule has 3 atom stereocenters. The Labute approximate surface area is 319 Å². The largest absolute Gasteiger partial charge is 0.493 e. The Morgan fingerprint density at radius 3 is 2.35 bits per heavy atom. The number of amides is 1. The van der Waals surface area contributed by atoms with Crippen LogP contribution >= 0.6 is 0 Å². The van der Waals surface area contributed by atoms with Crippen LogP contribution in [0, 0.1) is 0 Å². The van der Waals surface area contributed by atoms with E-state index in [0.717, 1.165) is 56.8 Å². The number of morpholine rings is 1. The zero-order chi connectivity index (χ0) is 38.5. The molecule has 0 unspecified atom stereocenters. The number of hydrogen-bond donors (Lipinski definition) is 1. The lowest BCUT2D eigenvalue weighted by atomic mass is 9.90. The lowest BCUT2D eigenvalue weighted by Crippen LogP contribution is -2.50. The standard InChI is InChI=1S/C42H56N2O10/c1-6-34(31-25-32(28-45)40(51-5)39(27-31)50-4)41(46)44-17-8-7-12-35(44)42(47)54-36(15-13-29-14-16-37(48-2)38(24-29)49-3)30-10-9-11-33(26-30)53-23-20-43-18-21-52-22-19-43/h9-11,14,16,24-27,34-36,45H,6-8,12-13,15,17-23,28H2,1-5H3/t34-,35-,36+/m0/s1. The van der Waals surface area contributed by atoms with Crippen LogP contribution in [0.15, 0.2) is 54.6 Å². The minimum atomic E-state index is -0.741. The summed E-state index contributed by atoms with van der Waals surface area (Å²) < 4.78 is 40.1. The Kier molecular flexibility index (Phi) is 15.2. The summed E-state index contributed by atoms with van der Waals surface area (Å²) in [6, 6.07) is 16.3. The number of benzene rings is 3. The quantitative estimate of drug-likeness (QED) is 0.161. The van der Waals surface area contributed by atoms with Gasteiger partial charge in [-0.15, -0.1) is 0 Å². The summed E-state index contributed by atoms with van der Waals surface area (Å²) in [6.45, 7) is 6.65. The number of aliphatic hydroxyl groups is 1. The highest BCUT2D eigenvalue weighted by Gasteiger charge is 2.38. The van der Waals surface area contributed by atoms with E-state index in [2.05, 4.69) is 4.90 Å². The molecule has 2 heterocycles. The predicted octanol–water partition coefficient (Wildman–Crippen LogP) is 5.72. The van der Waals surface area contributed by atoms with Gasteiger partial charge in [-0.2, -0.15) is 0 Å². The summed E-state index contributed by atoms with van der Waals surface area (Å²) in [5, 5.41) is 10.1. The first-order chi connectivity index (χ1) is 26.3. The van der Waals surface area contributed by atoms with E-state index in [1.807, 2.05) is 49.4 Å². The topological polar surface area (TPSA) is 125 Å². The van der Waals surface area contributed by atoms with Crippen LogP contribution in [0.4, 0.5) is 0 Å². The van der Waals surface area contributed by atoms with Crippen molar-refractivity contribution in [3.05, 3.63) is 76.9 Å². The van der Waals surface area contributed by atoms with Gasteiger partial charge in [-0.25, -0.2) is 4.79 Å². The molecule has 54 heavy (non-hydrogen) atoms. The fraction of sp³-hybridized carbons (Fsp3) is 0.524. The molecule has 294 valence electrons. The molecule has 3 aromatic carbocycles. The van der Waals surface area contributed by atoms with E-state index < -0.39 is 24.0 Å². The predicted molar refractivity (Wildman–Crippen MR) is 204 cm³/mol. The molecule has 0 aliphatic carbocycles. The third-order valence-corrected chi connectivity index (χ3v) is 10.3. The summed E-state index contributed by atoms with van der Waals surface area (Å²) in [4.78, 5) is 32.7. The molecular formula is C42H56N2O10. The molecule has 12 nitrogen and oxygen atoms in total. The van der Waals surface area contributed by atoms with Crippen molar-refractivity contribution in [2.75, 3.05) is 74.4 Å². The average Bonchev–Trinajstić information content (AvgIpc) is 3.22. The number of carbonyl (C=O) groups excluding carboxylic acids is 2. The Hall–Kier alpha value is -4.52. The van der Waals surface area contributed by atoms with Crippen molar-refractivity contribution in [1.82, 2.24) is 9.80 Å². The van der Waals surface area contributed by atoms with Crippen molar-refractivity contribution in [1.29, 1.82) is 0 Å². The van der Waals surface area contributed by atoms with E-state index in [1.54, 1.807) is 31.3 Å². The summed E-state index contributed by atoms with van der Waals surface area (Å²) >= 11 is 0. The van der Waals surface area contributed by atoms with Crippen molar-refractivity contribution < 1.29 is 47.9 Å². The van der Waals surface area contributed by atoms with Crippen LogP contribution in [0.25, 0.3) is 0 Å². The molecule has 3 aromatic rings. The minimum Gasteiger partial charge on any atom is -0.493 e. The average molecular weight is 749 g/mol. The Morgan fingerprint density at radius 2 is 1.65 bits per heavy atom. The van der Waals surface area contributed by atoms with Gasteiger partial charge in [0.05, 0.1) is 54.2 Å². The van der Waals surface area contributed by atoms with Gasteiger partial charge in [0, 0.05) is 31.7 Å². The van der Waals surface area contributed by atoms with Crippen LogP contribution in [-0.4, -0.2) is 107 Å². The Balaban J connectivity index is 1.37. The molecule has 0 bridgehead atoms. The third-order valence-electron chi connectivity index (χ3n) is 10.3. The number of aryl methyl sites for hydroxylation is 1. The molecule has 1 amide bonds. The second kappa shape index (κ2) is 20.2. The number of nitrogens with zero attached hydrogens (tertiary/aromatic N) is 2. The number of rotatable bonds is 18. The highest BCUT2D eigenvalue weighted by atomic mass is 16.5. The van der Waals surface area contributed by atoms with Crippen molar-refractivity contribution >= 4 is 11.9 Å². The minimum absolute atomic E-state index is 0.159. The van der Waals surface area contributed by atoms with Gasteiger partial charge in [-0.3, -0.25) is 9.69 Å². The second-order valence-electron chi connectivity index (χ2n) is 13.6. The molecule has 1 N–H and O–H groups in total. The molecule has 0 radical (unpaired) electrons. The van der Waals surface area contributed by atoms with Gasteiger partial charge in [-0.1, -0.05) is 25.1 Å². The summed E-state index contributed by atoms with van der Waals surface area (Å²) in [5.41, 5.74) is 3.04. The normalized spacial score (nSPS) is 17.3. The number of piperidine rings is 1. The zero-order valence-electron chi connectivity index (χ0n) is 32.3. The molecule has 0 aromatic heterocycles. The highest BCUT2D eigenvalue weighted by Crippen LogP contribution is 2.38. The van der Waals surface area contributed by atoms with Gasteiger partial charge in [0.2, 0.25) is 5.91 Å². The van der Waals surface area contributed by atoms with E-state index in [-0.39, 0.29) is 12.5 Å². The lowest BCUT2D eigenvalue weighted by molar-refractivity contribution is -0.162. The first kappa shape index (κ1) is 40.7. The fourth-order valence-corrected chi connectivity index (χ4v) is 7.35. The second-order valence-corrected chi connectivity index (χ2v) is 13.6. The van der Waals surface area contributed by atoms with E-state index in [9.17, 15) is 14.7 Å². The smallest absolute Gasteiger partial charge is 0.329 e. The van der Waals surface area contributed by atoms with Gasteiger partial charge in [0.25, 0.3) is 0 Å². The van der Waals surface area contributed by atoms with Crippen LogP contribution in [0.3, 0.4) is 0 Å². The Morgan fingerprint density at radius 1 is 0.870 bits per heavy atom. The maximum absolute atomic E-state index is 14.4. The SMILES string of the molecule is CC[C@H](C(=O)N1CCCC[C@H]1C(=O)O[C@H](CCc1ccc(OC)c(OC)c1)c1cccc(OCCN2CCOCC2)c1)c1cc(CO)c(OC)c(OC)c1. The van der Waals surface area contributed by atoms with Crippen LogP contribution < -0.4 is 23.7 Å². The maximum Gasteiger partial charge on any atom is 0.329 e. The highest BCUT2D eigenvalue weighted by molar-refractivity contribution is 5.89. The molecule has 2 fully saturated rings. The van der Waals surface area contributed by atoms with Crippen LogP contribution in [0.2, 0.25) is 0 Å². The first-order valence-corrected chi connectivity index (χ1v) is 18.9. The number of methoxy groups -OCH3 is 4. The molecule has 2 aliphatic rings. The third kappa shape index (κ3) is 10.2. The summed E-state index contributed by atoms with van der Waals surface area (Å²) in [6.07, 6.45) is 3.06. The number of hydrogen-bond acceptors (Lipinski definition) is 11. The van der Waals surface area contributed by atoms with E-state index >= 15 is 0 Å². The van der Waals surface area contributed by atoms with Gasteiger partial charge in [-0.05, 0) is 91.6 Å². The molecule has 12 heteroatoms. The first-order valence-electron chi connectivity index (χ1n) is 18.9. The van der Waals surface area contributed by atoms with Crippen LogP contribution in [0.5, 0.6) is 28.7 Å². The number of ether oxygens (including phenoxy) is 7. The Bertz CT molecular complexity index is 1650.